The topological polar surface area (TPSA) is 102 Å². The monoisotopic (exact) mass is 384 g/mol. The molecule has 4 rings (SSSR count). The predicted molar refractivity (Wildman–Crippen MR) is 104 cm³/mol. The van der Waals surface area contributed by atoms with Gasteiger partial charge < -0.3 is 4.90 Å². The van der Waals surface area contributed by atoms with Crippen LogP contribution in [0, 0.1) is 20.2 Å². The first kappa shape index (κ1) is 17.3. The maximum absolute atomic E-state index is 11.5. The second-order valence-electron chi connectivity index (χ2n) is 6.49. The van der Waals surface area contributed by atoms with Gasteiger partial charge in [-0.05, 0) is 31.0 Å². The van der Waals surface area contributed by atoms with E-state index in [-0.39, 0.29) is 17.3 Å². The van der Waals surface area contributed by atoms with E-state index in [9.17, 15) is 20.2 Å². The maximum Gasteiger partial charge on any atom is 0.299 e. The number of fused-ring (bicyclic) bond motifs is 1. The van der Waals surface area contributed by atoms with Gasteiger partial charge in [-0.1, -0.05) is 12.1 Å². The van der Waals surface area contributed by atoms with Crippen LogP contribution in [0.5, 0.6) is 0 Å². The van der Waals surface area contributed by atoms with Gasteiger partial charge in [0, 0.05) is 25.1 Å². The number of rotatable bonds is 4. The molecule has 1 atom stereocenters. The first-order valence-corrected chi connectivity index (χ1v) is 9.38. The molecule has 9 heteroatoms. The number of non-ortho nitro benzene ring substituents is 1. The van der Waals surface area contributed by atoms with Crippen molar-refractivity contribution >= 4 is 38.6 Å². The van der Waals surface area contributed by atoms with E-state index in [1.807, 2.05) is 29.2 Å². The minimum atomic E-state index is -0.614. The molecule has 0 saturated carbocycles. The van der Waals surface area contributed by atoms with E-state index in [2.05, 4.69) is 0 Å². The molecule has 3 aromatic rings. The van der Waals surface area contributed by atoms with E-state index in [1.54, 1.807) is 11.3 Å². The zero-order valence-electron chi connectivity index (χ0n) is 14.3. The molecule has 27 heavy (non-hydrogen) atoms. The van der Waals surface area contributed by atoms with Crippen LogP contribution in [0.4, 0.5) is 17.1 Å². The molecular weight excluding hydrogens is 368 g/mol. The molecule has 0 amide bonds. The summed E-state index contributed by atoms with van der Waals surface area (Å²) in [5.74, 6) is 0.186. The Morgan fingerprint density at radius 3 is 2.67 bits per heavy atom. The number of anilines is 1. The highest BCUT2D eigenvalue weighted by Crippen LogP contribution is 2.38. The highest BCUT2D eigenvalue weighted by Gasteiger charge is 2.29. The lowest BCUT2D eigenvalue weighted by Gasteiger charge is -2.33. The van der Waals surface area contributed by atoms with Gasteiger partial charge in [0.05, 0.1) is 31.1 Å². The van der Waals surface area contributed by atoms with Gasteiger partial charge >= 0.3 is 0 Å². The molecule has 0 radical (unpaired) electrons. The van der Waals surface area contributed by atoms with Crippen molar-refractivity contribution in [3.05, 3.63) is 67.7 Å². The van der Waals surface area contributed by atoms with Gasteiger partial charge in [0.1, 0.15) is 5.69 Å². The molecule has 0 bridgehead atoms. The van der Waals surface area contributed by atoms with Crippen molar-refractivity contribution in [2.24, 2.45) is 0 Å². The summed E-state index contributed by atoms with van der Waals surface area (Å²) in [6.07, 6.45) is 1.85. The van der Waals surface area contributed by atoms with E-state index >= 15 is 0 Å². The van der Waals surface area contributed by atoms with E-state index in [0.29, 0.717) is 18.8 Å². The van der Waals surface area contributed by atoms with Gasteiger partial charge in [0.15, 0.2) is 0 Å². The van der Waals surface area contributed by atoms with Crippen molar-refractivity contribution in [2.75, 3.05) is 18.0 Å². The van der Waals surface area contributed by atoms with E-state index in [1.165, 1.54) is 12.1 Å². The van der Waals surface area contributed by atoms with Gasteiger partial charge in [-0.2, -0.15) is 0 Å². The minimum Gasteiger partial charge on any atom is -0.365 e. The number of nitrogens with zero attached hydrogens (tertiary/aromatic N) is 4. The highest BCUT2D eigenvalue weighted by atomic mass is 32.1. The Kier molecular flexibility index (Phi) is 4.44. The summed E-state index contributed by atoms with van der Waals surface area (Å²) in [6.45, 7) is 1.29. The van der Waals surface area contributed by atoms with Crippen molar-refractivity contribution in [3.63, 3.8) is 0 Å². The molecule has 1 fully saturated rings. The Labute approximate surface area is 158 Å². The first-order valence-electron chi connectivity index (χ1n) is 8.56. The van der Waals surface area contributed by atoms with Gasteiger partial charge in [-0.25, -0.2) is 4.98 Å². The summed E-state index contributed by atoms with van der Waals surface area (Å²) in [5.41, 5.74) is 0.895. The molecule has 0 aliphatic carbocycles. The second kappa shape index (κ2) is 6.92. The third kappa shape index (κ3) is 3.33. The number of aromatic nitrogens is 1. The molecule has 2 heterocycles. The molecule has 0 spiro atoms. The van der Waals surface area contributed by atoms with Crippen LogP contribution in [0.3, 0.4) is 0 Å². The van der Waals surface area contributed by atoms with Crippen molar-refractivity contribution < 1.29 is 9.85 Å². The Hall–Kier alpha value is -3.07. The largest absolute Gasteiger partial charge is 0.365 e. The summed E-state index contributed by atoms with van der Waals surface area (Å²) in [4.78, 5) is 27.9. The van der Waals surface area contributed by atoms with E-state index in [0.717, 1.165) is 34.1 Å². The fourth-order valence-corrected chi connectivity index (χ4v) is 4.59. The van der Waals surface area contributed by atoms with E-state index < -0.39 is 9.85 Å². The molecule has 1 saturated heterocycles. The third-order valence-corrected chi connectivity index (χ3v) is 5.99. The van der Waals surface area contributed by atoms with Crippen molar-refractivity contribution in [3.8, 4) is 0 Å². The molecule has 2 aromatic carbocycles. The minimum absolute atomic E-state index is 0.186. The third-order valence-electron chi connectivity index (χ3n) is 4.79. The lowest BCUT2D eigenvalue weighted by atomic mass is 9.98. The number of nitro groups is 2. The number of benzene rings is 2. The average Bonchev–Trinajstić information content (AvgIpc) is 3.12. The SMILES string of the molecule is O=[N+]([O-])c1ccc(N2CCC[C@@H](c3nc4ccccc4s3)C2)c([N+](=O)[O-])c1. The highest BCUT2D eigenvalue weighted by molar-refractivity contribution is 7.18. The van der Waals surface area contributed by atoms with Crippen LogP contribution in [0.25, 0.3) is 10.2 Å². The average molecular weight is 384 g/mol. The standard InChI is InChI=1S/C18H16N4O4S/c23-21(24)13-7-8-15(16(10-13)22(25)26)20-9-3-4-12(11-20)18-19-14-5-1-2-6-17(14)27-18/h1-2,5-8,10,12H,3-4,9,11H2/t12-/m1/s1. The van der Waals surface area contributed by atoms with Gasteiger partial charge in [0.25, 0.3) is 11.4 Å². The van der Waals surface area contributed by atoms with Gasteiger partial charge in [-0.15, -0.1) is 11.3 Å². The molecule has 8 nitrogen and oxygen atoms in total. The Morgan fingerprint density at radius 1 is 1.11 bits per heavy atom. The summed E-state index contributed by atoms with van der Waals surface area (Å²) in [5, 5.41) is 23.4. The number of hydrogen-bond donors (Lipinski definition) is 0. The first-order chi connectivity index (χ1) is 13.0. The quantitative estimate of drug-likeness (QED) is 0.485. The Balaban J connectivity index is 1.65. The number of piperidine rings is 1. The molecular formula is C18H16N4O4S. The smallest absolute Gasteiger partial charge is 0.299 e. The second-order valence-corrected chi connectivity index (χ2v) is 7.55. The molecule has 1 aromatic heterocycles. The van der Waals surface area contributed by atoms with Crippen molar-refractivity contribution in [1.82, 2.24) is 4.98 Å². The zero-order chi connectivity index (χ0) is 19.0. The Bertz CT molecular complexity index is 1000. The normalized spacial score (nSPS) is 17.2. The van der Waals surface area contributed by atoms with Crippen molar-refractivity contribution in [1.29, 1.82) is 0 Å². The van der Waals surface area contributed by atoms with Crippen LogP contribution in [0.1, 0.15) is 23.8 Å². The van der Waals surface area contributed by atoms with Crippen LogP contribution in [0.15, 0.2) is 42.5 Å². The zero-order valence-corrected chi connectivity index (χ0v) is 15.1. The number of hydrogen-bond acceptors (Lipinski definition) is 7. The molecule has 0 N–H and O–H groups in total. The Morgan fingerprint density at radius 2 is 1.93 bits per heavy atom. The van der Waals surface area contributed by atoms with Crippen LogP contribution >= 0.6 is 11.3 Å². The number of para-hydroxylation sites is 1. The summed E-state index contributed by atoms with van der Waals surface area (Å²) in [6, 6.07) is 11.8. The molecule has 1 aliphatic rings. The van der Waals surface area contributed by atoms with Gasteiger partial charge in [-0.3, -0.25) is 20.2 Å². The number of thiazole rings is 1. The van der Waals surface area contributed by atoms with Crippen LogP contribution < -0.4 is 4.90 Å². The molecule has 0 unspecified atom stereocenters. The van der Waals surface area contributed by atoms with Crippen LogP contribution in [-0.2, 0) is 0 Å². The lowest BCUT2D eigenvalue weighted by molar-refractivity contribution is -0.393. The summed E-state index contributed by atoms with van der Waals surface area (Å²) in [7, 11) is 0. The molecule has 1 aliphatic heterocycles. The summed E-state index contributed by atoms with van der Waals surface area (Å²) >= 11 is 1.66. The number of nitro benzene ring substituents is 2. The molecule has 138 valence electrons. The van der Waals surface area contributed by atoms with E-state index in [4.69, 9.17) is 4.98 Å². The fourth-order valence-electron chi connectivity index (χ4n) is 3.50. The lowest BCUT2D eigenvalue weighted by Crippen LogP contribution is -2.34. The van der Waals surface area contributed by atoms with Crippen LogP contribution in [0.2, 0.25) is 0 Å². The van der Waals surface area contributed by atoms with Gasteiger partial charge in [0.2, 0.25) is 0 Å². The van der Waals surface area contributed by atoms with Crippen LogP contribution in [-0.4, -0.2) is 27.9 Å². The maximum atomic E-state index is 11.5. The fraction of sp³-hybridized carbons (Fsp3) is 0.278. The predicted octanol–water partition coefficient (Wildman–Crippen LogP) is 4.50. The summed E-state index contributed by atoms with van der Waals surface area (Å²) < 4.78 is 1.13. The van der Waals surface area contributed by atoms with Crippen molar-refractivity contribution in [2.45, 2.75) is 18.8 Å².